The Morgan fingerprint density at radius 1 is 1.08 bits per heavy atom. The fourth-order valence-electron chi connectivity index (χ4n) is 3.50. The van der Waals surface area contributed by atoms with Crippen LogP contribution in [0.3, 0.4) is 0 Å². The van der Waals surface area contributed by atoms with Gasteiger partial charge in [-0.3, -0.25) is 14.3 Å². The molecule has 1 aromatic heterocycles. The lowest BCUT2D eigenvalue weighted by molar-refractivity contribution is -0.141. The van der Waals surface area contributed by atoms with Crippen molar-refractivity contribution in [1.82, 2.24) is 19.4 Å². The number of halogens is 3. The number of rotatable bonds is 5. The molecule has 3 heterocycles. The van der Waals surface area contributed by atoms with Crippen LogP contribution in [-0.2, 0) is 17.5 Å². The van der Waals surface area contributed by atoms with Crippen LogP contribution in [0.4, 0.5) is 13.2 Å². The number of likely N-dealkylation sites (tertiary alicyclic amines) is 1. The maximum atomic E-state index is 12.6. The van der Waals surface area contributed by atoms with Gasteiger partial charge in [0.25, 0.3) is 5.56 Å². The normalized spacial score (nSPS) is 21.2. The molecule has 2 aliphatic rings. The molecule has 146 valence electrons. The topological polar surface area (TPSA) is 50.6 Å². The number of hydrogen-bond donors (Lipinski definition) is 0. The fraction of sp³-hybridized carbons (Fsp3) is 0.765. The fourth-order valence-corrected chi connectivity index (χ4v) is 3.50. The van der Waals surface area contributed by atoms with Crippen LogP contribution < -0.4 is 5.56 Å². The van der Waals surface area contributed by atoms with E-state index in [9.17, 15) is 18.0 Å². The van der Waals surface area contributed by atoms with Crippen molar-refractivity contribution in [3.05, 3.63) is 28.4 Å². The Hall–Kier alpha value is -1.45. The van der Waals surface area contributed by atoms with Crippen molar-refractivity contribution in [2.45, 2.75) is 25.6 Å². The molecule has 0 saturated carbocycles. The summed E-state index contributed by atoms with van der Waals surface area (Å²) in [4.78, 5) is 20.1. The van der Waals surface area contributed by atoms with Gasteiger partial charge in [-0.1, -0.05) is 0 Å². The minimum Gasteiger partial charge on any atom is -0.379 e. The third-order valence-electron chi connectivity index (χ3n) is 5.17. The van der Waals surface area contributed by atoms with E-state index in [1.807, 2.05) is 0 Å². The molecule has 2 fully saturated rings. The molecule has 0 spiro atoms. The Labute approximate surface area is 150 Å². The number of ether oxygens (including phenoxy) is 1. The van der Waals surface area contributed by atoms with Gasteiger partial charge >= 0.3 is 6.18 Å². The van der Waals surface area contributed by atoms with E-state index in [1.54, 1.807) is 0 Å². The first-order valence-electron chi connectivity index (χ1n) is 9.08. The van der Waals surface area contributed by atoms with E-state index in [-0.39, 0.29) is 0 Å². The highest BCUT2D eigenvalue weighted by atomic mass is 19.4. The Bertz CT molecular complexity index is 636. The first-order valence-corrected chi connectivity index (χ1v) is 9.08. The Balaban J connectivity index is 1.44. The highest BCUT2D eigenvalue weighted by Crippen LogP contribution is 2.26. The summed E-state index contributed by atoms with van der Waals surface area (Å²) in [6.45, 7) is 7.98. The molecule has 2 aliphatic heterocycles. The number of nitrogens with zero attached hydrogens (tertiary/aromatic N) is 4. The van der Waals surface area contributed by atoms with E-state index in [2.05, 4.69) is 14.8 Å². The van der Waals surface area contributed by atoms with Crippen LogP contribution >= 0.6 is 0 Å². The average Bonchev–Trinajstić information content (AvgIpc) is 2.63. The first kappa shape index (κ1) is 19.3. The zero-order chi connectivity index (χ0) is 18.6. The van der Waals surface area contributed by atoms with Gasteiger partial charge in [0.1, 0.15) is 0 Å². The smallest absolute Gasteiger partial charge is 0.379 e. The van der Waals surface area contributed by atoms with Crippen LogP contribution in [0.15, 0.2) is 17.2 Å². The standard InChI is InChI=1S/C17H25F3N4O2/c18-17(19,20)15-11-16(25)24(13-21-15)12-14-1-3-22(4-2-14)5-6-23-7-9-26-10-8-23/h11,13-14H,1-10,12H2. The summed E-state index contributed by atoms with van der Waals surface area (Å²) in [5, 5.41) is 0. The minimum atomic E-state index is -4.58. The van der Waals surface area contributed by atoms with Crippen LogP contribution in [-0.4, -0.2) is 71.8 Å². The Morgan fingerprint density at radius 3 is 2.27 bits per heavy atom. The van der Waals surface area contributed by atoms with Gasteiger partial charge < -0.3 is 9.64 Å². The highest BCUT2D eigenvalue weighted by molar-refractivity contribution is 5.03. The molecular formula is C17H25F3N4O2. The lowest BCUT2D eigenvalue weighted by Gasteiger charge is -2.34. The van der Waals surface area contributed by atoms with Crippen molar-refractivity contribution in [2.24, 2.45) is 5.92 Å². The van der Waals surface area contributed by atoms with Crippen LogP contribution in [0.25, 0.3) is 0 Å². The van der Waals surface area contributed by atoms with Gasteiger partial charge in [0.05, 0.1) is 19.5 Å². The maximum Gasteiger partial charge on any atom is 0.433 e. The summed E-state index contributed by atoms with van der Waals surface area (Å²) in [5.41, 5.74) is -1.77. The monoisotopic (exact) mass is 374 g/mol. The predicted molar refractivity (Wildman–Crippen MR) is 89.9 cm³/mol. The molecule has 26 heavy (non-hydrogen) atoms. The summed E-state index contributed by atoms with van der Waals surface area (Å²) in [6, 6.07) is 0.581. The van der Waals surface area contributed by atoms with E-state index in [0.717, 1.165) is 71.7 Å². The largest absolute Gasteiger partial charge is 0.433 e. The molecule has 0 aromatic carbocycles. The average molecular weight is 374 g/mol. The van der Waals surface area contributed by atoms with Crippen LogP contribution in [0, 0.1) is 5.92 Å². The number of piperidine rings is 1. The summed E-state index contributed by atoms with van der Waals surface area (Å²) in [6.07, 6.45) is -1.67. The quantitative estimate of drug-likeness (QED) is 0.778. The molecular weight excluding hydrogens is 349 g/mol. The molecule has 1 aromatic rings. The second kappa shape index (κ2) is 8.49. The molecule has 0 unspecified atom stereocenters. The van der Waals surface area contributed by atoms with Crippen LogP contribution in [0.2, 0.25) is 0 Å². The summed E-state index contributed by atoms with van der Waals surface area (Å²) in [7, 11) is 0. The number of aromatic nitrogens is 2. The summed E-state index contributed by atoms with van der Waals surface area (Å²) < 4.78 is 44.4. The van der Waals surface area contributed by atoms with Gasteiger partial charge in [0.15, 0.2) is 5.69 Å². The number of morpholine rings is 1. The van der Waals surface area contributed by atoms with Gasteiger partial charge in [-0.2, -0.15) is 13.2 Å². The molecule has 0 bridgehead atoms. The molecule has 0 amide bonds. The third kappa shape index (κ3) is 5.28. The molecule has 0 aliphatic carbocycles. The van der Waals surface area contributed by atoms with Gasteiger partial charge in [0.2, 0.25) is 0 Å². The second-order valence-corrected chi connectivity index (χ2v) is 7.00. The van der Waals surface area contributed by atoms with Gasteiger partial charge in [-0.05, 0) is 31.8 Å². The Morgan fingerprint density at radius 2 is 1.69 bits per heavy atom. The molecule has 0 radical (unpaired) electrons. The lowest BCUT2D eigenvalue weighted by atomic mass is 9.96. The van der Waals surface area contributed by atoms with E-state index < -0.39 is 17.4 Å². The molecule has 6 nitrogen and oxygen atoms in total. The van der Waals surface area contributed by atoms with Crippen molar-refractivity contribution in [2.75, 3.05) is 52.5 Å². The minimum absolute atomic E-state index is 0.297. The van der Waals surface area contributed by atoms with Gasteiger partial charge in [-0.15, -0.1) is 0 Å². The highest BCUT2D eigenvalue weighted by Gasteiger charge is 2.33. The lowest BCUT2D eigenvalue weighted by Crippen LogP contribution is -2.44. The molecule has 3 rings (SSSR count). The van der Waals surface area contributed by atoms with E-state index >= 15 is 0 Å². The third-order valence-corrected chi connectivity index (χ3v) is 5.17. The summed E-state index contributed by atoms with van der Waals surface area (Å²) >= 11 is 0. The van der Waals surface area contributed by atoms with Crippen molar-refractivity contribution in [3.8, 4) is 0 Å². The SMILES string of the molecule is O=c1cc(C(F)(F)F)ncn1CC1CCN(CCN2CCOCC2)CC1. The van der Waals surface area contributed by atoms with Crippen LogP contribution in [0.5, 0.6) is 0 Å². The van der Waals surface area contributed by atoms with E-state index in [1.165, 1.54) is 4.57 Å². The van der Waals surface area contributed by atoms with E-state index in [0.29, 0.717) is 18.5 Å². The van der Waals surface area contributed by atoms with Gasteiger partial charge in [-0.25, -0.2) is 4.98 Å². The van der Waals surface area contributed by atoms with Crippen molar-refractivity contribution < 1.29 is 17.9 Å². The molecule has 2 saturated heterocycles. The zero-order valence-electron chi connectivity index (χ0n) is 14.7. The van der Waals surface area contributed by atoms with Crippen LogP contribution in [0.1, 0.15) is 18.5 Å². The maximum absolute atomic E-state index is 12.6. The first-order chi connectivity index (χ1) is 12.4. The number of alkyl halides is 3. The zero-order valence-corrected chi connectivity index (χ0v) is 14.7. The van der Waals surface area contributed by atoms with Crippen molar-refractivity contribution >= 4 is 0 Å². The van der Waals surface area contributed by atoms with Gasteiger partial charge in [0, 0.05) is 38.8 Å². The second-order valence-electron chi connectivity index (χ2n) is 7.00. The van der Waals surface area contributed by atoms with Crippen molar-refractivity contribution in [3.63, 3.8) is 0 Å². The molecule has 9 heteroatoms. The van der Waals surface area contributed by atoms with E-state index in [4.69, 9.17) is 4.74 Å². The molecule has 0 N–H and O–H groups in total. The Kier molecular flexibility index (Phi) is 6.31. The predicted octanol–water partition coefficient (Wildman–Crippen LogP) is 1.31. The van der Waals surface area contributed by atoms with Crippen molar-refractivity contribution in [1.29, 1.82) is 0 Å². The number of hydrogen-bond acceptors (Lipinski definition) is 5. The summed E-state index contributed by atoms with van der Waals surface area (Å²) in [5.74, 6) is 0.297. The molecule has 0 atom stereocenters.